The number of ether oxygens (including phenoxy) is 2. The maximum absolute atomic E-state index is 5.91. The number of hydrogen-bond acceptors (Lipinski definition) is 3. The van der Waals surface area contributed by atoms with Crippen molar-refractivity contribution in [1.29, 1.82) is 0 Å². The molecule has 3 nitrogen and oxygen atoms in total. The molecular weight excluding hydrogens is 226 g/mol. The molecule has 1 aromatic carbocycles. The van der Waals surface area contributed by atoms with E-state index in [1.165, 1.54) is 0 Å². The zero-order valence-electron chi connectivity index (χ0n) is 12.1. The third-order valence-electron chi connectivity index (χ3n) is 2.57. The summed E-state index contributed by atoms with van der Waals surface area (Å²) in [5, 5.41) is 0. The van der Waals surface area contributed by atoms with Crippen molar-refractivity contribution in [2.24, 2.45) is 5.73 Å². The summed E-state index contributed by atoms with van der Waals surface area (Å²) in [5.74, 6) is 0.881. The molecule has 1 aromatic rings. The average Bonchev–Trinajstić information content (AvgIpc) is 2.26. The first-order valence-corrected chi connectivity index (χ1v) is 6.48. The van der Waals surface area contributed by atoms with E-state index in [-0.39, 0.29) is 11.6 Å². The first kappa shape index (κ1) is 15.0. The van der Waals surface area contributed by atoms with Crippen LogP contribution in [0.25, 0.3) is 0 Å². The molecule has 0 fully saturated rings. The molecule has 0 radical (unpaired) electrons. The van der Waals surface area contributed by atoms with E-state index in [0.29, 0.717) is 13.2 Å². The van der Waals surface area contributed by atoms with E-state index in [1.807, 2.05) is 46.8 Å². The zero-order chi connectivity index (χ0) is 13.8. The highest BCUT2D eigenvalue weighted by Crippen LogP contribution is 2.25. The minimum atomic E-state index is -0.159. The third-order valence-corrected chi connectivity index (χ3v) is 2.57. The van der Waals surface area contributed by atoms with E-state index in [4.69, 9.17) is 15.2 Å². The van der Waals surface area contributed by atoms with Crippen molar-refractivity contribution in [3.8, 4) is 5.75 Å². The van der Waals surface area contributed by atoms with Gasteiger partial charge in [-0.3, -0.25) is 0 Å². The smallest absolute Gasteiger partial charge is 0.124 e. The molecule has 0 aromatic heterocycles. The molecule has 1 atom stereocenters. The minimum absolute atomic E-state index is 0.0223. The number of nitrogens with two attached hydrogens (primary N) is 1. The van der Waals surface area contributed by atoms with Gasteiger partial charge in [0.05, 0.1) is 18.8 Å². The fourth-order valence-corrected chi connectivity index (χ4v) is 1.59. The fourth-order valence-electron chi connectivity index (χ4n) is 1.59. The van der Waals surface area contributed by atoms with Crippen molar-refractivity contribution in [2.45, 2.75) is 52.9 Å². The van der Waals surface area contributed by atoms with Gasteiger partial charge in [-0.15, -0.1) is 0 Å². The number of rotatable bonds is 5. The standard InChI is InChI=1S/C15H25NO2/c1-6-17-14-8-7-12(11(2)16)9-13(14)10-18-15(3,4)5/h7-9,11H,6,10,16H2,1-5H3. The Morgan fingerprint density at radius 2 is 1.94 bits per heavy atom. The molecule has 1 rings (SSSR count). The van der Waals surface area contributed by atoms with Gasteiger partial charge in [0.25, 0.3) is 0 Å². The maximum Gasteiger partial charge on any atom is 0.124 e. The van der Waals surface area contributed by atoms with Crippen LogP contribution in [0.2, 0.25) is 0 Å². The van der Waals surface area contributed by atoms with Gasteiger partial charge in [0.15, 0.2) is 0 Å². The SMILES string of the molecule is CCOc1ccc(C(C)N)cc1COC(C)(C)C. The highest BCUT2D eigenvalue weighted by molar-refractivity contribution is 5.38. The Balaban J connectivity index is 2.92. The predicted molar refractivity (Wildman–Crippen MR) is 74.8 cm³/mol. The topological polar surface area (TPSA) is 44.5 Å². The van der Waals surface area contributed by atoms with E-state index in [0.717, 1.165) is 16.9 Å². The van der Waals surface area contributed by atoms with Gasteiger partial charge in [0, 0.05) is 11.6 Å². The van der Waals surface area contributed by atoms with E-state index in [1.54, 1.807) is 0 Å². The molecule has 0 saturated carbocycles. The number of benzene rings is 1. The van der Waals surface area contributed by atoms with Crippen molar-refractivity contribution in [3.05, 3.63) is 29.3 Å². The lowest BCUT2D eigenvalue weighted by atomic mass is 10.0. The Labute approximate surface area is 110 Å². The molecule has 2 N–H and O–H groups in total. The molecule has 0 aliphatic carbocycles. The monoisotopic (exact) mass is 251 g/mol. The van der Waals surface area contributed by atoms with Gasteiger partial charge in [0.1, 0.15) is 5.75 Å². The predicted octanol–water partition coefficient (Wildman–Crippen LogP) is 3.42. The lowest BCUT2D eigenvalue weighted by Crippen LogP contribution is -2.19. The summed E-state index contributed by atoms with van der Waals surface area (Å²) in [5.41, 5.74) is 7.91. The zero-order valence-corrected chi connectivity index (χ0v) is 12.1. The largest absolute Gasteiger partial charge is 0.494 e. The van der Waals surface area contributed by atoms with Gasteiger partial charge in [0.2, 0.25) is 0 Å². The van der Waals surface area contributed by atoms with Gasteiger partial charge in [-0.05, 0) is 52.3 Å². The summed E-state index contributed by atoms with van der Waals surface area (Å²) < 4.78 is 11.4. The molecule has 0 bridgehead atoms. The molecular formula is C15H25NO2. The average molecular weight is 251 g/mol. The van der Waals surface area contributed by atoms with Gasteiger partial charge in [-0.1, -0.05) is 6.07 Å². The van der Waals surface area contributed by atoms with Gasteiger partial charge >= 0.3 is 0 Å². The molecule has 0 aliphatic rings. The van der Waals surface area contributed by atoms with Crippen molar-refractivity contribution in [1.82, 2.24) is 0 Å². The van der Waals surface area contributed by atoms with Gasteiger partial charge in [-0.25, -0.2) is 0 Å². The Kier molecular flexibility index (Phi) is 5.17. The quantitative estimate of drug-likeness (QED) is 0.872. The van der Waals surface area contributed by atoms with Crippen LogP contribution in [-0.4, -0.2) is 12.2 Å². The summed E-state index contributed by atoms with van der Waals surface area (Å²) in [7, 11) is 0. The van der Waals surface area contributed by atoms with Crippen LogP contribution in [0, 0.1) is 0 Å². The normalized spacial score (nSPS) is 13.4. The minimum Gasteiger partial charge on any atom is -0.494 e. The van der Waals surface area contributed by atoms with E-state index in [9.17, 15) is 0 Å². The van der Waals surface area contributed by atoms with Crippen molar-refractivity contribution in [3.63, 3.8) is 0 Å². The summed E-state index contributed by atoms with van der Waals surface area (Å²) in [6.07, 6.45) is 0. The molecule has 0 spiro atoms. The highest BCUT2D eigenvalue weighted by Gasteiger charge is 2.13. The third kappa shape index (κ3) is 4.67. The van der Waals surface area contributed by atoms with E-state index >= 15 is 0 Å². The van der Waals surface area contributed by atoms with Crippen LogP contribution in [0.15, 0.2) is 18.2 Å². The highest BCUT2D eigenvalue weighted by atomic mass is 16.5. The molecule has 102 valence electrons. The lowest BCUT2D eigenvalue weighted by Gasteiger charge is -2.21. The first-order valence-electron chi connectivity index (χ1n) is 6.48. The van der Waals surface area contributed by atoms with Crippen LogP contribution >= 0.6 is 0 Å². The Morgan fingerprint density at radius 1 is 1.28 bits per heavy atom. The van der Waals surface area contributed by atoms with Crippen molar-refractivity contribution >= 4 is 0 Å². The second-order valence-electron chi connectivity index (χ2n) is 5.49. The molecule has 0 saturated heterocycles. The number of hydrogen-bond donors (Lipinski definition) is 1. The summed E-state index contributed by atoms with van der Waals surface area (Å²) in [6.45, 7) is 11.3. The van der Waals surface area contributed by atoms with E-state index < -0.39 is 0 Å². The molecule has 3 heteroatoms. The Hall–Kier alpha value is -1.06. The summed E-state index contributed by atoms with van der Waals surface area (Å²) in [6, 6.07) is 6.08. The van der Waals surface area contributed by atoms with Crippen LogP contribution in [0.4, 0.5) is 0 Å². The Morgan fingerprint density at radius 3 is 2.44 bits per heavy atom. The van der Waals surface area contributed by atoms with Crippen LogP contribution in [-0.2, 0) is 11.3 Å². The van der Waals surface area contributed by atoms with E-state index in [2.05, 4.69) is 6.07 Å². The second kappa shape index (κ2) is 6.21. The molecule has 1 unspecified atom stereocenters. The molecule has 0 heterocycles. The van der Waals surface area contributed by atoms with Crippen LogP contribution in [0.5, 0.6) is 5.75 Å². The summed E-state index contributed by atoms with van der Waals surface area (Å²) in [4.78, 5) is 0. The lowest BCUT2D eigenvalue weighted by molar-refractivity contribution is -0.0158. The van der Waals surface area contributed by atoms with Gasteiger partial charge in [-0.2, -0.15) is 0 Å². The Bertz CT molecular complexity index is 381. The van der Waals surface area contributed by atoms with Crippen molar-refractivity contribution < 1.29 is 9.47 Å². The molecule has 0 aliphatic heterocycles. The fraction of sp³-hybridized carbons (Fsp3) is 0.600. The first-order chi connectivity index (χ1) is 8.33. The van der Waals surface area contributed by atoms with Crippen molar-refractivity contribution in [2.75, 3.05) is 6.61 Å². The van der Waals surface area contributed by atoms with Crippen LogP contribution in [0.3, 0.4) is 0 Å². The molecule has 18 heavy (non-hydrogen) atoms. The van der Waals surface area contributed by atoms with Crippen LogP contribution in [0.1, 0.15) is 51.8 Å². The maximum atomic E-state index is 5.91. The second-order valence-corrected chi connectivity index (χ2v) is 5.49. The van der Waals surface area contributed by atoms with Gasteiger partial charge < -0.3 is 15.2 Å². The molecule has 0 amide bonds. The summed E-state index contributed by atoms with van der Waals surface area (Å²) >= 11 is 0. The van der Waals surface area contributed by atoms with Crippen LogP contribution < -0.4 is 10.5 Å².